The van der Waals surface area contributed by atoms with Crippen LogP contribution in [-0.2, 0) is 0 Å². The van der Waals surface area contributed by atoms with Crippen molar-refractivity contribution in [3.8, 4) is 11.5 Å². The van der Waals surface area contributed by atoms with Crippen molar-refractivity contribution < 1.29 is 14.3 Å². The molecule has 0 fully saturated rings. The lowest BCUT2D eigenvalue weighted by atomic mass is 10.1. The molecule has 0 spiro atoms. The molecule has 0 heterocycles. The molecule has 2 aromatic rings. The second-order valence-electron chi connectivity index (χ2n) is 5.12. The molecule has 0 N–H and O–H groups in total. The molecule has 1 unspecified atom stereocenters. The topological polar surface area (TPSA) is 35.5 Å². The largest absolute Gasteiger partial charge is 0.497 e. The Morgan fingerprint density at radius 1 is 1.05 bits per heavy atom. The molecule has 2 aromatic carbocycles. The normalized spacial score (nSPS) is 11.8. The molecule has 2 rings (SSSR count). The van der Waals surface area contributed by atoms with Gasteiger partial charge < -0.3 is 9.47 Å². The number of hydrogen-bond donors (Lipinski definition) is 0. The molecular formula is C18H20O3. The summed E-state index contributed by atoms with van der Waals surface area (Å²) in [4.78, 5) is 12.4. The van der Waals surface area contributed by atoms with Crippen molar-refractivity contribution in [3.05, 3.63) is 59.2 Å². The molecule has 0 saturated heterocycles. The summed E-state index contributed by atoms with van der Waals surface area (Å²) in [5.74, 6) is 1.44. The van der Waals surface area contributed by atoms with Crippen molar-refractivity contribution in [2.75, 3.05) is 7.11 Å². The number of benzene rings is 2. The summed E-state index contributed by atoms with van der Waals surface area (Å²) in [7, 11) is 1.60. The molecule has 1 atom stereocenters. The summed E-state index contributed by atoms with van der Waals surface area (Å²) >= 11 is 0. The average molecular weight is 284 g/mol. The van der Waals surface area contributed by atoms with Crippen molar-refractivity contribution in [2.24, 2.45) is 0 Å². The third kappa shape index (κ3) is 3.63. The molecule has 110 valence electrons. The van der Waals surface area contributed by atoms with E-state index in [0.717, 1.165) is 22.6 Å². The van der Waals surface area contributed by atoms with Crippen LogP contribution in [0.25, 0.3) is 0 Å². The SMILES string of the molecule is COc1ccc(C(=O)C(C)Oc2cc(C)ccc2C)cc1. The molecule has 21 heavy (non-hydrogen) atoms. The number of rotatable bonds is 5. The number of carbonyl (C=O) groups excluding carboxylic acids is 1. The monoisotopic (exact) mass is 284 g/mol. The predicted octanol–water partition coefficient (Wildman–Crippen LogP) is 3.96. The van der Waals surface area contributed by atoms with Gasteiger partial charge in [0.2, 0.25) is 5.78 Å². The Labute approximate surface area is 125 Å². The maximum atomic E-state index is 12.4. The fourth-order valence-electron chi connectivity index (χ4n) is 2.07. The van der Waals surface area contributed by atoms with E-state index in [4.69, 9.17) is 9.47 Å². The number of ketones is 1. The number of aryl methyl sites for hydroxylation is 2. The van der Waals surface area contributed by atoms with Crippen molar-refractivity contribution in [2.45, 2.75) is 26.9 Å². The van der Waals surface area contributed by atoms with Crippen LogP contribution in [0.5, 0.6) is 11.5 Å². The minimum absolute atomic E-state index is 0.0430. The lowest BCUT2D eigenvalue weighted by molar-refractivity contribution is 0.0817. The van der Waals surface area contributed by atoms with Gasteiger partial charge >= 0.3 is 0 Å². The Kier molecular flexibility index (Phi) is 4.63. The van der Waals surface area contributed by atoms with E-state index in [1.165, 1.54) is 0 Å². The average Bonchev–Trinajstić information content (AvgIpc) is 2.50. The van der Waals surface area contributed by atoms with E-state index in [9.17, 15) is 4.79 Å². The van der Waals surface area contributed by atoms with Crippen LogP contribution in [0, 0.1) is 13.8 Å². The summed E-state index contributed by atoms with van der Waals surface area (Å²) in [6.07, 6.45) is -0.529. The van der Waals surface area contributed by atoms with Crippen LogP contribution in [0.4, 0.5) is 0 Å². The van der Waals surface area contributed by atoms with Gasteiger partial charge in [0.25, 0.3) is 0 Å². The Bertz CT molecular complexity index is 629. The summed E-state index contributed by atoms with van der Waals surface area (Å²) in [5.41, 5.74) is 2.75. The number of ether oxygens (including phenoxy) is 2. The molecular weight excluding hydrogens is 264 g/mol. The zero-order valence-corrected chi connectivity index (χ0v) is 12.8. The van der Waals surface area contributed by atoms with Crippen LogP contribution >= 0.6 is 0 Å². The first kappa shape index (κ1) is 15.1. The highest BCUT2D eigenvalue weighted by Gasteiger charge is 2.17. The third-order valence-corrected chi connectivity index (χ3v) is 3.39. The zero-order valence-electron chi connectivity index (χ0n) is 12.8. The lowest BCUT2D eigenvalue weighted by Gasteiger charge is -2.16. The number of hydrogen-bond acceptors (Lipinski definition) is 3. The van der Waals surface area contributed by atoms with Crippen molar-refractivity contribution in [1.82, 2.24) is 0 Å². The van der Waals surface area contributed by atoms with E-state index in [1.807, 2.05) is 32.0 Å². The highest BCUT2D eigenvalue weighted by molar-refractivity contribution is 5.99. The second kappa shape index (κ2) is 6.44. The lowest BCUT2D eigenvalue weighted by Crippen LogP contribution is -2.24. The van der Waals surface area contributed by atoms with Crippen LogP contribution in [0.2, 0.25) is 0 Å². The molecule has 0 saturated carbocycles. The van der Waals surface area contributed by atoms with Crippen LogP contribution in [0.1, 0.15) is 28.4 Å². The van der Waals surface area contributed by atoms with E-state index >= 15 is 0 Å². The predicted molar refractivity (Wildman–Crippen MR) is 83.3 cm³/mol. The summed E-state index contributed by atoms with van der Waals surface area (Å²) in [6, 6.07) is 13.0. The molecule has 3 nitrogen and oxygen atoms in total. The highest BCUT2D eigenvalue weighted by Crippen LogP contribution is 2.22. The quantitative estimate of drug-likeness (QED) is 0.780. The molecule has 0 radical (unpaired) electrons. The first-order chi connectivity index (χ1) is 10.0. The Balaban J connectivity index is 2.13. The first-order valence-electron chi connectivity index (χ1n) is 6.93. The number of methoxy groups -OCH3 is 1. The maximum Gasteiger partial charge on any atom is 0.202 e. The maximum absolute atomic E-state index is 12.4. The van der Waals surface area contributed by atoms with Gasteiger partial charge in [0, 0.05) is 5.56 Å². The standard InChI is InChI=1S/C18H20O3/c1-12-5-6-13(2)17(11-12)21-14(3)18(19)15-7-9-16(20-4)10-8-15/h5-11,14H,1-4H3. The number of Topliss-reactive ketones (excluding diaryl/α,β-unsaturated/α-hetero) is 1. The van der Waals surface area contributed by atoms with Gasteiger partial charge in [-0.05, 0) is 62.2 Å². The van der Waals surface area contributed by atoms with E-state index in [0.29, 0.717) is 5.56 Å². The van der Waals surface area contributed by atoms with E-state index < -0.39 is 6.10 Å². The fourth-order valence-corrected chi connectivity index (χ4v) is 2.07. The Hall–Kier alpha value is -2.29. The first-order valence-corrected chi connectivity index (χ1v) is 6.93. The summed E-state index contributed by atoms with van der Waals surface area (Å²) in [5, 5.41) is 0. The molecule has 0 aliphatic carbocycles. The van der Waals surface area contributed by atoms with Crippen molar-refractivity contribution >= 4 is 5.78 Å². The van der Waals surface area contributed by atoms with Crippen LogP contribution in [-0.4, -0.2) is 19.0 Å². The third-order valence-electron chi connectivity index (χ3n) is 3.39. The minimum atomic E-state index is -0.529. The summed E-state index contributed by atoms with van der Waals surface area (Å²) < 4.78 is 10.9. The van der Waals surface area contributed by atoms with Gasteiger partial charge in [-0.2, -0.15) is 0 Å². The van der Waals surface area contributed by atoms with Crippen LogP contribution < -0.4 is 9.47 Å². The zero-order chi connectivity index (χ0) is 15.4. The van der Waals surface area contributed by atoms with Gasteiger partial charge in [0.15, 0.2) is 6.10 Å². The minimum Gasteiger partial charge on any atom is -0.497 e. The van der Waals surface area contributed by atoms with Gasteiger partial charge in [-0.25, -0.2) is 0 Å². The Morgan fingerprint density at radius 3 is 2.33 bits per heavy atom. The van der Waals surface area contributed by atoms with Gasteiger partial charge in [0.05, 0.1) is 7.11 Å². The molecule has 0 bridgehead atoms. The second-order valence-corrected chi connectivity index (χ2v) is 5.12. The molecule has 0 amide bonds. The number of carbonyl (C=O) groups is 1. The molecule has 0 aliphatic heterocycles. The van der Waals surface area contributed by atoms with Gasteiger partial charge in [0.1, 0.15) is 11.5 Å². The van der Waals surface area contributed by atoms with Crippen molar-refractivity contribution in [3.63, 3.8) is 0 Å². The smallest absolute Gasteiger partial charge is 0.202 e. The van der Waals surface area contributed by atoms with E-state index in [1.54, 1.807) is 38.3 Å². The molecule has 3 heteroatoms. The van der Waals surface area contributed by atoms with Crippen LogP contribution in [0.15, 0.2) is 42.5 Å². The highest BCUT2D eigenvalue weighted by atomic mass is 16.5. The molecule has 0 aromatic heterocycles. The van der Waals surface area contributed by atoms with Crippen molar-refractivity contribution in [1.29, 1.82) is 0 Å². The fraction of sp³-hybridized carbons (Fsp3) is 0.278. The van der Waals surface area contributed by atoms with E-state index in [-0.39, 0.29) is 5.78 Å². The van der Waals surface area contributed by atoms with Gasteiger partial charge in [-0.1, -0.05) is 12.1 Å². The van der Waals surface area contributed by atoms with E-state index in [2.05, 4.69) is 0 Å². The summed E-state index contributed by atoms with van der Waals surface area (Å²) in [6.45, 7) is 5.75. The van der Waals surface area contributed by atoms with Gasteiger partial charge in [-0.15, -0.1) is 0 Å². The Morgan fingerprint density at radius 2 is 1.71 bits per heavy atom. The van der Waals surface area contributed by atoms with Gasteiger partial charge in [-0.3, -0.25) is 4.79 Å². The van der Waals surface area contributed by atoms with Crippen LogP contribution in [0.3, 0.4) is 0 Å². The molecule has 0 aliphatic rings.